The van der Waals surface area contributed by atoms with Crippen LogP contribution in [-0.4, -0.2) is 10.9 Å². The maximum atomic E-state index is 10.7. The number of carbonyl (C=O) groups is 1. The van der Waals surface area contributed by atoms with Gasteiger partial charge in [-0.05, 0) is 29.8 Å². The lowest BCUT2D eigenvalue weighted by Gasteiger charge is -2.04. The van der Waals surface area contributed by atoms with Crippen LogP contribution < -0.4 is 0 Å². The van der Waals surface area contributed by atoms with Gasteiger partial charge in [0.1, 0.15) is 0 Å². The van der Waals surface area contributed by atoms with Crippen LogP contribution in [0.1, 0.15) is 16.1 Å². The molecule has 2 aromatic rings. The summed E-state index contributed by atoms with van der Waals surface area (Å²) in [5, 5.41) is 8.82. The molecule has 0 spiro atoms. The van der Waals surface area contributed by atoms with Gasteiger partial charge in [-0.25, -0.2) is 0 Å². The first-order valence-corrected chi connectivity index (χ1v) is 4.87. The third kappa shape index (κ3) is 1.61. The monoisotopic (exact) mass is 210 g/mol. The normalized spacial score (nSPS) is 9.75. The predicted molar refractivity (Wildman–Crippen MR) is 61.0 cm³/mol. The highest BCUT2D eigenvalue weighted by molar-refractivity contribution is 5.76. The van der Waals surface area contributed by atoms with Crippen molar-refractivity contribution in [2.45, 2.75) is 0 Å². The molecule has 0 atom stereocenters. The Bertz CT molecular complexity index is 576. The van der Waals surface area contributed by atoms with Gasteiger partial charge in [0.05, 0.1) is 17.3 Å². The van der Waals surface area contributed by atoms with Gasteiger partial charge in [-0.1, -0.05) is 12.1 Å². The molecule has 0 aliphatic carbocycles. The molecule has 0 N–H and O–H groups in total. The first-order valence-electron chi connectivity index (χ1n) is 4.87. The molecule has 78 valence electrons. The van der Waals surface area contributed by atoms with Gasteiger partial charge in [0.15, 0.2) is 6.29 Å². The van der Waals surface area contributed by atoms with E-state index in [0.29, 0.717) is 11.3 Å². The van der Waals surface area contributed by atoms with Gasteiger partial charge >= 0.3 is 0 Å². The summed E-state index contributed by atoms with van der Waals surface area (Å²) < 4.78 is 1.81. The minimum atomic E-state index is 0.617. The average molecular weight is 210 g/mol. The Morgan fingerprint density at radius 2 is 2.12 bits per heavy atom. The van der Waals surface area contributed by atoms with E-state index in [2.05, 4.69) is 6.07 Å². The minimum absolute atomic E-state index is 0.617. The number of aldehydes is 1. The zero-order chi connectivity index (χ0) is 11.5. The maximum Gasteiger partial charge on any atom is 0.166 e. The van der Waals surface area contributed by atoms with Gasteiger partial charge in [0, 0.05) is 12.7 Å². The third-order valence-electron chi connectivity index (χ3n) is 2.57. The van der Waals surface area contributed by atoms with Crippen LogP contribution in [0.4, 0.5) is 0 Å². The number of aromatic nitrogens is 1. The van der Waals surface area contributed by atoms with Crippen LogP contribution in [0.5, 0.6) is 0 Å². The summed E-state index contributed by atoms with van der Waals surface area (Å²) in [7, 11) is 1.83. The zero-order valence-electron chi connectivity index (χ0n) is 8.84. The van der Waals surface area contributed by atoms with Crippen molar-refractivity contribution in [3.8, 4) is 17.3 Å². The fraction of sp³-hybridized carbons (Fsp3) is 0.0769. The largest absolute Gasteiger partial charge is 0.341 e. The van der Waals surface area contributed by atoms with Crippen LogP contribution in [0, 0.1) is 11.3 Å². The fourth-order valence-corrected chi connectivity index (χ4v) is 1.68. The van der Waals surface area contributed by atoms with Gasteiger partial charge in [-0.3, -0.25) is 4.79 Å². The van der Waals surface area contributed by atoms with Crippen molar-refractivity contribution in [1.82, 2.24) is 4.57 Å². The molecular weight excluding hydrogens is 200 g/mol. The number of hydrogen-bond acceptors (Lipinski definition) is 2. The number of benzene rings is 1. The molecule has 0 aliphatic heterocycles. The number of rotatable bonds is 2. The summed E-state index contributed by atoms with van der Waals surface area (Å²) in [5.41, 5.74) is 3.11. The van der Waals surface area contributed by atoms with Crippen LogP contribution in [0.25, 0.3) is 11.3 Å². The number of hydrogen-bond donors (Lipinski definition) is 0. The van der Waals surface area contributed by atoms with Crippen molar-refractivity contribution >= 4 is 6.29 Å². The van der Waals surface area contributed by atoms with Crippen LogP contribution >= 0.6 is 0 Å². The first-order chi connectivity index (χ1) is 7.76. The fourth-order valence-electron chi connectivity index (χ4n) is 1.68. The highest BCUT2D eigenvalue weighted by Crippen LogP contribution is 2.21. The molecule has 0 saturated heterocycles. The molecule has 1 aromatic heterocycles. The lowest BCUT2D eigenvalue weighted by molar-refractivity contribution is 0.111. The van der Waals surface area contributed by atoms with Gasteiger partial charge in [-0.2, -0.15) is 5.26 Å². The van der Waals surface area contributed by atoms with Gasteiger partial charge in [0.2, 0.25) is 0 Å². The summed E-state index contributed by atoms with van der Waals surface area (Å²) in [4.78, 5) is 10.7. The molecule has 0 bridgehead atoms. The summed E-state index contributed by atoms with van der Waals surface area (Å²) in [6, 6.07) is 13.1. The van der Waals surface area contributed by atoms with E-state index in [1.165, 1.54) is 0 Å². The second-order valence-corrected chi connectivity index (χ2v) is 3.51. The maximum absolute atomic E-state index is 10.7. The zero-order valence-corrected chi connectivity index (χ0v) is 8.84. The van der Waals surface area contributed by atoms with E-state index in [1.807, 2.05) is 35.9 Å². The van der Waals surface area contributed by atoms with Crippen LogP contribution in [0.3, 0.4) is 0 Å². The van der Waals surface area contributed by atoms with Gasteiger partial charge in [0.25, 0.3) is 0 Å². The smallest absolute Gasteiger partial charge is 0.166 e. The molecule has 0 radical (unpaired) electrons. The second-order valence-electron chi connectivity index (χ2n) is 3.51. The Hall–Kier alpha value is -2.34. The summed E-state index contributed by atoms with van der Waals surface area (Å²) in [6.45, 7) is 0. The molecule has 1 aromatic carbocycles. The molecule has 0 amide bonds. The molecule has 0 fully saturated rings. The van der Waals surface area contributed by atoms with E-state index in [0.717, 1.165) is 17.5 Å². The highest BCUT2D eigenvalue weighted by Gasteiger charge is 2.06. The molecule has 16 heavy (non-hydrogen) atoms. The summed E-state index contributed by atoms with van der Waals surface area (Å²) >= 11 is 0. The number of nitrogens with zero attached hydrogens (tertiary/aromatic N) is 2. The van der Waals surface area contributed by atoms with Crippen molar-refractivity contribution in [3.63, 3.8) is 0 Å². The standard InChI is InChI=1S/C13H10N2O/c1-15-12(9-16)5-6-13(15)11-4-2-3-10(7-11)8-14/h2-7,9H,1H3. The molecule has 0 unspecified atom stereocenters. The van der Waals surface area contributed by atoms with E-state index < -0.39 is 0 Å². The summed E-state index contributed by atoms with van der Waals surface area (Å²) in [5.74, 6) is 0. The molecule has 3 heteroatoms. The van der Waals surface area contributed by atoms with E-state index in [1.54, 1.807) is 12.1 Å². The predicted octanol–water partition coefficient (Wildman–Crippen LogP) is 2.38. The van der Waals surface area contributed by atoms with E-state index in [4.69, 9.17) is 5.26 Å². The van der Waals surface area contributed by atoms with E-state index >= 15 is 0 Å². The van der Waals surface area contributed by atoms with Gasteiger partial charge < -0.3 is 4.57 Å². The first kappa shape index (κ1) is 10.2. The quantitative estimate of drug-likeness (QED) is 0.714. The van der Waals surface area contributed by atoms with Crippen molar-refractivity contribution in [1.29, 1.82) is 5.26 Å². The Labute approximate surface area is 93.6 Å². The van der Waals surface area contributed by atoms with Crippen molar-refractivity contribution in [3.05, 3.63) is 47.7 Å². The third-order valence-corrected chi connectivity index (χ3v) is 2.57. The van der Waals surface area contributed by atoms with Crippen molar-refractivity contribution in [2.24, 2.45) is 7.05 Å². The van der Waals surface area contributed by atoms with E-state index in [-0.39, 0.29) is 0 Å². The Morgan fingerprint density at radius 3 is 2.75 bits per heavy atom. The summed E-state index contributed by atoms with van der Waals surface area (Å²) in [6.07, 6.45) is 0.817. The molecular formula is C13H10N2O. The topological polar surface area (TPSA) is 45.8 Å². The highest BCUT2D eigenvalue weighted by atomic mass is 16.1. The van der Waals surface area contributed by atoms with Crippen LogP contribution in [-0.2, 0) is 7.05 Å². The SMILES string of the molecule is Cn1c(C=O)ccc1-c1cccc(C#N)c1. The molecule has 3 nitrogen and oxygen atoms in total. The minimum Gasteiger partial charge on any atom is -0.341 e. The second kappa shape index (κ2) is 4.03. The van der Waals surface area contributed by atoms with E-state index in [9.17, 15) is 4.79 Å². The lowest BCUT2D eigenvalue weighted by atomic mass is 10.1. The molecule has 1 heterocycles. The van der Waals surface area contributed by atoms with Crippen molar-refractivity contribution < 1.29 is 4.79 Å². The Balaban J connectivity index is 2.55. The number of nitriles is 1. The Morgan fingerprint density at radius 1 is 1.31 bits per heavy atom. The number of carbonyl (C=O) groups excluding carboxylic acids is 1. The molecule has 0 saturated carbocycles. The lowest BCUT2D eigenvalue weighted by Crippen LogP contribution is -1.96. The van der Waals surface area contributed by atoms with Crippen LogP contribution in [0.15, 0.2) is 36.4 Å². The average Bonchev–Trinajstić information content (AvgIpc) is 2.70. The van der Waals surface area contributed by atoms with Gasteiger partial charge in [-0.15, -0.1) is 0 Å². The Kier molecular flexibility index (Phi) is 2.57. The molecule has 0 aliphatic rings. The molecule has 2 rings (SSSR count). The van der Waals surface area contributed by atoms with Crippen molar-refractivity contribution in [2.75, 3.05) is 0 Å². The van der Waals surface area contributed by atoms with Crippen LogP contribution in [0.2, 0.25) is 0 Å².